The quantitative estimate of drug-likeness (QED) is 0.0497. The Morgan fingerprint density at radius 3 is 0.984 bits per heavy atom. The van der Waals surface area contributed by atoms with E-state index in [9.17, 15) is 9.59 Å². The smallest absolute Gasteiger partial charge is 0.303 e. The first-order valence-electron chi connectivity index (χ1n) is 26.4. The van der Waals surface area contributed by atoms with Crippen LogP contribution in [0.5, 0.6) is 11.5 Å². The Bertz CT molecular complexity index is 1240. The Kier molecular flexibility index (Phi) is 42.4. The zero-order chi connectivity index (χ0) is 46.2. The van der Waals surface area contributed by atoms with Crippen molar-refractivity contribution in [1.82, 2.24) is 4.90 Å². The highest BCUT2D eigenvalue weighted by molar-refractivity contribution is 5.66. The molecule has 64 heavy (non-hydrogen) atoms. The van der Waals surface area contributed by atoms with Crippen LogP contribution in [-0.2, 0) is 16.1 Å². The van der Waals surface area contributed by atoms with Crippen molar-refractivity contribution in [3.05, 3.63) is 72.4 Å². The summed E-state index contributed by atoms with van der Waals surface area (Å²) in [6, 6.07) is 6.44. The van der Waals surface area contributed by atoms with E-state index in [-0.39, 0.29) is 0 Å². The molecule has 7 nitrogen and oxygen atoms in total. The molecule has 1 aromatic carbocycles. The van der Waals surface area contributed by atoms with Gasteiger partial charge in [0.25, 0.3) is 0 Å². The molecule has 0 fully saturated rings. The summed E-state index contributed by atoms with van der Waals surface area (Å²) in [5, 5.41) is 17.4. The lowest BCUT2D eigenvalue weighted by atomic mass is 10.1. The van der Waals surface area contributed by atoms with Crippen LogP contribution in [0.2, 0.25) is 0 Å². The summed E-state index contributed by atoms with van der Waals surface area (Å²) in [6.45, 7) is 2.41. The van der Waals surface area contributed by atoms with E-state index in [0.29, 0.717) is 12.8 Å². The average Bonchev–Trinajstić information content (AvgIpc) is 3.26. The number of rotatable bonds is 48. The fourth-order valence-electron chi connectivity index (χ4n) is 7.99. The molecular weight excluding hydrogens is 795 g/mol. The fourth-order valence-corrected chi connectivity index (χ4v) is 7.99. The zero-order valence-electron chi connectivity index (χ0n) is 41.4. The van der Waals surface area contributed by atoms with Crippen molar-refractivity contribution >= 4 is 11.9 Å². The second kappa shape index (κ2) is 46.2. The number of carboxylic acid groups (broad SMARTS) is 2. The van der Waals surface area contributed by atoms with E-state index in [2.05, 4.69) is 85.8 Å². The lowest BCUT2D eigenvalue weighted by Crippen LogP contribution is -2.11. The van der Waals surface area contributed by atoms with Crippen LogP contribution in [0.15, 0.2) is 66.8 Å². The predicted octanol–water partition coefficient (Wildman–Crippen LogP) is 16.9. The summed E-state index contributed by atoms with van der Waals surface area (Å²) in [4.78, 5) is 23.3. The average molecular weight is 892 g/mol. The number of aliphatic carboxylic acids is 2. The lowest BCUT2D eigenvalue weighted by Gasteiger charge is -2.15. The monoisotopic (exact) mass is 892 g/mol. The van der Waals surface area contributed by atoms with Gasteiger partial charge < -0.3 is 24.6 Å². The third kappa shape index (κ3) is 43.9. The molecule has 0 aliphatic heterocycles. The molecule has 0 spiro atoms. The summed E-state index contributed by atoms with van der Waals surface area (Å²) in [5.74, 6) is 0.519. The largest absolute Gasteiger partial charge is 0.493 e. The Labute approximate surface area is 393 Å². The van der Waals surface area contributed by atoms with Crippen LogP contribution in [0.4, 0.5) is 0 Å². The highest BCUT2D eigenvalue weighted by Crippen LogP contribution is 2.25. The van der Waals surface area contributed by atoms with Gasteiger partial charge in [-0.2, -0.15) is 0 Å². The van der Waals surface area contributed by atoms with Crippen molar-refractivity contribution in [1.29, 1.82) is 0 Å². The van der Waals surface area contributed by atoms with E-state index in [1.54, 1.807) is 0 Å². The van der Waals surface area contributed by atoms with Gasteiger partial charge in [0.1, 0.15) is 11.5 Å². The Balaban J connectivity index is 1.99. The molecule has 0 saturated heterocycles. The molecule has 0 amide bonds. The van der Waals surface area contributed by atoms with Gasteiger partial charge in [-0.3, -0.25) is 9.59 Å². The Morgan fingerprint density at radius 1 is 0.406 bits per heavy atom. The van der Waals surface area contributed by atoms with Crippen LogP contribution in [0.1, 0.15) is 237 Å². The zero-order valence-corrected chi connectivity index (χ0v) is 41.4. The second-order valence-electron chi connectivity index (χ2n) is 18.4. The third-order valence-electron chi connectivity index (χ3n) is 11.7. The lowest BCUT2D eigenvalue weighted by molar-refractivity contribution is -0.138. The van der Waals surface area contributed by atoms with Crippen molar-refractivity contribution in [2.24, 2.45) is 0 Å². The molecule has 7 heteroatoms. The molecule has 1 rings (SSSR count). The SMILES string of the molecule is CN(C)Cc1cc(OCCCCCCCCCCCC=CCC=CCCCCCCCC(=O)O)cc(OCCCCCCCCCCCC=CC/C=C\CCCCCCCC(=O)O)c1. The Hall–Kier alpha value is -3.32. The summed E-state index contributed by atoms with van der Waals surface area (Å²) < 4.78 is 12.5. The van der Waals surface area contributed by atoms with E-state index in [1.807, 2.05) is 0 Å². The molecule has 1 aromatic rings. The molecule has 0 aliphatic rings. The van der Waals surface area contributed by atoms with Gasteiger partial charge in [-0.15, -0.1) is 0 Å². The number of hydrogen-bond acceptors (Lipinski definition) is 5. The second-order valence-corrected chi connectivity index (χ2v) is 18.4. The maximum absolute atomic E-state index is 10.5. The first kappa shape index (κ1) is 58.7. The van der Waals surface area contributed by atoms with Gasteiger partial charge in [-0.05, 0) is 122 Å². The van der Waals surface area contributed by atoms with Crippen molar-refractivity contribution < 1.29 is 29.3 Å². The van der Waals surface area contributed by atoms with Crippen molar-refractivity contribution in [3.8, 4) is 11.5 Å². The minimum absolute atomic E-state index is 0.310. The maximum Gasteiger partial charge on any atom is 0.303 e. The van der Waals surface area contributed by atoms with Gasteiger partial charge in [0.05, 0.1) is 13.2 Å². The van der Waals surface area contributed by atoms with Crippen LogP contribution in [0.3, 0.4) is 0 Å². The first-order valence-corrected chi connectivity index (χ1v) is 26.4. The minimum atomic E-state index is -0.676. The maximum atomic E-state index is 10.5. The van der Waals surface area contributed by atoms with Gasteiger partial charge in [0.2, 0.25) is 0 Å². The topological polar surface area (TPSA) is 96.3 Å². The number of benzene rings is 1. The number of hydrogen-bond donors (Lipinski definition) is 2. The van der Waals surface area contributed by atoms with Crippen molar-refractivity contribution in [2.75, 3.05) is 27.3 Å². The number of nitrogens with zero attached hydrogens (tertiary/aromatic N) is 1. The van der Waals surface area contributed by atoms with Crippen LogP contribution in [0.25, 0.3) is 0 Å². The van der Waals surface area contributed by atoms with Crippen LogP contribution in [-0.4, -0.2) is 54.4 Å². The Morgan fingerprint density at radius 2 is 0.688 bits per heavy atom. The molecule has 0 radical (unpaired) electrons. The van der Waals surface area contributed by atoms with Crippen LogP contribution >= 0.6 is 0 Å². The number of carboxylic acids is 2. The summed E-state index contributed by atoms with van der Waals surface area (Å²) >= 11 is 0. The number of ether oxygens (including phenoxy) is 2. The fraction of sp³-hybridized carbons (Fsp3) is 0.719. The summed E-state index contributed by atoms with van der Waals surface area (Å²) in [6.07, 6.45) is 59.9. The summed E-state index contributed by atoms with van der Waals surface area (Å²) in [5.41, 5.74) is 1.24. The standard InChI is InChI=1S/C57H97NO6/c1-58(2)52-53-49-54(63-47-43-39-35-31-27-23-19-15-11-7-3-5-9-13-17-21-25-29-33-37-41-45-56(59)60)51-55(50-53)64-48-44-40-36-32-28-24-20-16-12-8-4-6-10-14-18-22-26-30-34-38-42-46-57(61)62/h3-6,13-14,17-18,49-51H,7-12,15-16,19-48,52H2,1-2H3,(H,59,60)(H,61,62)/b5-3?,6-4?,17-13-,18-14?. The number of carbonyl (C=O) groups is 2. The molecule has 0 unspecified atom stereocenters. The highest BCUT2D eigenvalue weighted by atomic mass is 16.5. The highest BCUT2D eigenvalue weighted by Gasteiger charge is 2.06. The minimum Gasteiger partial charge on any atom is -0.493 e. The number of allylic oxidation sites excluding steroid dienone is 8. The number of unbranched alkanes of at least 4 members (excludes halogenated alkanes) is 28. The van der Waals surface area contributed by atoms with Gasteiger partial charge >= 0.3 is 11.9 Å². The molecule has 0 saturated carbocycles. The van der Waals surface area contributed by atoms with E-state index >= 15 is 0 Å². The molecule has 0 heterocycles. The predicted molar refractivity (Wildman–Crippen MR) is 273 cm³/mol. The van der Waals surface area contributed by atoms with Crippen molar-refractivity contribution in [3.63, 3.8) is 0 Å². The van der Waals surface area contributed by atoms with Crippen LogP contribution in [0, 0.1) is 0 Å². The summed E-state index contributed by atoms with van der Waals surface area (Å²) in [7, 11) is 4.22. The van der Waals surface area contributed by atoms with E-state index in [0.717, 1.165) is 108 Å². The molecule has 366 valence electrons. The van der Waals surface area contributed by atoms with E-state index in [4.69, 9.17) is 19.7 Å². The van der Waals surface area contributed by atoms with Gasteiger partial charge in [-0.1, -0.05) is 177 Å². The molecule has 2 N–H and O–H groups in total. The first-order chi connectivity index (χ1) is 31.4. The van der Waals surface area contributed by atoms with Crippen LogP contribution < -0.4 is 9.47 Å². The molecule has 0 atom stereocenters. The van der Waals surface area contributed by atoms with E-state index in [1.165, 1.54) is 147 Å². The molecule has 0 aromatic heterocycles. The van der Waals surface area contributed by atoms with Crippen molar-refractivity contribution in [2.45, 2.75) is 238 Å². The molecule has 0 bridgehead atoms. The van der Waals surface area contributed by atoms with Gasteiger partial charge in [0, 0.05) is 25.5 Å². The normalized spacial score (nSPS) is 12.0. The molecular formula is C57H97NO6. The third-order valence-corrected chi connectivity index (χ3v) is 11.7. The van der Waals surface area contributed by atoms with Gasteiger partial charge in [0.15, 0.2) is 0 Å². The van der Waals surface area contributed by atoms with E-state index < -0.39 is 11.9 Å². The van der Waals surface area contributed by atoms with Gasteiger partial charge in [-0.25, -0.2) is 0 Å². The molecule has 0 aliphatic carbocycles.